The molecule has 0 fully saturated rings. The van der Waals surface area contributed by atoms with Crippen LogP contribution in [0, 0.1) is 10.1 Å². The average molecular weight is 562 g/mol. The van der Waals surface area contributed by atoms with Crippen molar-refractivity contribution in [2.24, 2.45) is 0 Å². The molecular weight excluding hydrogens is 530 g/mol. The maximum atomic E-state index is 12.0. The van der Waals surface area contributed by atoms with Crippen molar-refractivity contribution in [1.29, 1.82) is 0 Å². The van der Waals surface area contributed by atoms with Gasteiger partial charge in [0.2, 0.25) is 0 Å². The lowest BCUT2D eigenvalue weighted by atomic mass is 10.0. The average Bonchev–Trinajstić information content (AvgIpc) is 3.01. The summed E-state index contributed by atoms with van der Waals surface area (Å²) in [6.45, 7) is 2.41. The predicted octanol–water partition coefficient (Wildman–Crippen LogP) is 5.29. The van der Waals surface area contributed by atoms with Crippen LogP contribution in [-0.2, 0) is 39.3 Å². The molecule has 4 heterocycles. The third kappa shape index (κ3) is 8.00. The number of rotatable bonds is 13. The second kappa shape index (κ2) is 14.0. The molecule has 10 heteroatoms. The molecule has 10 nitrogen and oxygen atoms in total. The number of nitro groups is 1. The van der Waals surface area contributed by atoms with Gasteiger partial charge in [-0.2, -0.15) is 0 Å². The van der Waals surface area contributed by atoms with Gasteiger partial charge in [-0.3, -0.25) is 39.9 Å². The lowest BCUT2D eigenvalue weighted by Gasteiger charge is -2.25. The highest BCUT2D eigenvalue weighted by molar-refractivity contribution is 5.49. The Morgan fingerprint density at radius 2 is 0.905 bits per heavy atom. The van der Waals surface area contributed by atoms with E-state index in [1.807, 2.05) is 72.8 Å². The van der Waals surface area contributed by atoms with Crippen molar-refractivity contribution >= 4 is 5.69 Å². The van der Waals surface area contributed by atoms with Gasteiger partial charge in [0, 0.05) is 87.3 Å². The number of aromatic nitrogens is 4. The summed E-state index contributed by atoms with van der Waals surface area (Å²) < 4.78 is 0. The molecule has 1 N–H and O–H groups in total. The molecule has 1 aromatic carbocycles. The van der Waals surface area contributed by atoms with Crippen LogP contribution in [0.25, 0.3) is 0 Å². The Balaban J connectivity index is 1.46. The van der Waals surface area contributed by atoms with E-state index in [2.05, 4.69) is 29.7 Å². The molecule has 0 amide bonds. The minimum atomic E-state index is -0.421. The van der Waals surface area contributed by atoms with E-state index < -0.39 is 4.92 Å². The zero-order chi connectivity index (χ0) is 29.1. The first-order valence-corrected chi connectivity index (χ1v) is 13.6. The summed E-state index contributed by atoms with van der Waals surface area (Å²) in [5, 5.41) is 23.5. The molecule has 212 valence electrons. The van der Waals surface area contributed by atoms with E-state index in [9.17, 15) is 15.2 Å². The molecule has 0 saturated carbocycles. The van der Waals surface area contributed by atoms with Crippen LogP contribution < -0.4 is 0 Å². The monoisotopic (exact) mass is 561 g/mol. The number of nitrogens with zero attached hydrogens (tertiary/aromatic N) is 7. The zero-order valence-corrected chi connectivity index (χ0v) is 23.0. The van der Waals surface area contributed by atoms with Gasteiger partial charge in [-0.05, 0) is 48.5 Å². The Hall–Kier alpha value is -5.06. The van der Waals surface area contributed by atoms with Gasteiger partial charge in [-0.1, -0.05) is 24.3 Å². The Bertz CT molecular complexity index is 1380. The van der Waals surface area contributed by atoms with Crippen LogP contribution in [0.2, 0.25) is 0 Å². The maximum absolute atomic E-state index is 12.0. The van der Waals surface area contributed by atoms with Crippen LogP contribution in [0.3, 0.4) is 0 Å². The molecule has 0 aliphatic carbocycles. The number of benzene rings is 1. The van der Waals surface area contributed by atoms with Crippen molar-refractivity contribution in [2.75, 3.05) is 0 Å². The lowest BCUT2D eigenvalue weighted by Crippen LogP contribution is -2.25. The fourth-order valence-corrected chi connectivity index (χ4v) is 4.79. The number of nitro benzene ring substituents is 1. The molecule has 0 spiro atoms. The summed E-state index contributed by atoms with van der Waals surface area (Å²) in [6, 6.07) is 25.7. The molecule has 4 aromatic heterocycles. The van der Waals surface area contributed by atoms with Crippen molar-refractivity contribution in [3.05, 3.63) is 154 Å². The first-order chi connectivity index (χ1) is 20.5. The molecular formula is C32H31N7O3. The first kappa shape index (κ1) is 28.5. The van der Waals surface area contributed by atoms with E-state index in [0.717, 1.165) is 22.8 Å². The molecule has 0 radical (unpaired) electrons. The molecule has 0 aliphatic heterocycles. The topological polar surface area (TPSA) is 121 Å². The molecule has 0 unspecified atom stereocenters. The Labute approximate surface area is 244 Å². The summed E-state index contributed by atoms with van der Waals surface area (Å²) in [5.41, 5.74) is 4.21. The Kier molecular flexibility index (Phi) is 9.50. The summed E-state index contributed by atoms with van der Waals surface area (Å²) in [6.07, 6.45) is 6.92. The molecule has 0 aliphatic rings. The molecule has 42 heavy (non-hydrogen) atoms. The van der Waals surface area contributed by atoms with Gasteiger partial charge in [-0.25, -0.2) is 0 Å². The van der Waals surface area contributed by atoms with Crippen molar-refractivity contribution in [3.8, 4) is 5.75 Å². The van der Waals surface area contributed by atoms with E-state index in [4.69, 9.17) is 0 Å². The number of phenols is 1. The van der Waals surface area contributed by atoms with Gasteiger partial charge >= 0.3 is 0 Å². The van der Waals surface area contributed by atoms with Gasteiger partial charge in [-0.15, -0.1) is 0 Å². The third-order valence-electron chi connectivity index (χ3n) is 6.70. The Morgan fingerprint density at radius 3 is 1.17 bits per heavy atom. The van der Waals surface area contributed by atoms with E-state index in [0.29, 0.717) is 37.3 Å². The second-order valence-electron chi connectivity index (χ2n) is 9.94. The lowest BCUT2D eigenvalue weighted by molar-refractivity contribution is -0.385. The minimum absolute atomic E-state index is 0.0275. The standard InChI is InChI=1S/C32H31N7O3/c40-32-25(19-37(21-27-9-1-5-13-33-27)22-28-10-2-6-14-34-28)17-31(39(41)42)18-26(32)20-38(23-29-11-3-7-15-35-29)24-30-12-4-8-16-36-30/h1-18,40H,19-24H2. The quantitative estimate of drug-likeness (QED) is 0.151. The van der Waals surface area contributed by atoms with Gasteiger partial charge in [0.25, 0.3) is 5.69 Å². The number of phenolic OH excluding ortho intramolecular Hbond substituents is 1. The molecule has 5 aromatic rings. The summed E-state index contributed by atoms with van der Waals surface area (Å²) in [5.74, 6) is 0.0275. The largest absolute Gasteiger partial charge is 0.507 e. The first-order valence-electron chi connectivity index (χ1n) is 13.6. The number of hydrogen-bond donors (Lipinski definition) is 1. The van der Waals surface area contributed by atoms with Gasteiger partial charge in [0.1, 0.15) is 5.75 Å². The summed E-state index contributed by atoms with van der Waals surface area (Å²) in [7, 11) is 0. The maximum Gasteiger partial charge on any atom is 0.270 e. The highest BCUT2D eigenvalue weighted by atomic mass is 16.6. The van der Waals surface area contributed by atoms with E-state index in [-0.39, 0.29) is 24.5 Å². The van der Waals surface area contributed by atoms with Gasteiger partial charge in [0.15, 0.2) is 0 Å². The zero-order valence-electron chi connectivity index (χ0n) is 23.0. The second-order valence-corrected chi connectivity index (χ2v) is 9.94. The molecule has 5 rings (SSSR count). The normalized spacial score (nSPS) is 11.2. The highest BCUT2D eigenvalue weighted by Crippen LogP contribution is 2.32. The van der Waals surface area contributed by atoms with Crippen LogP contribution in [0.4, 0.5) is 5.69 Å². The van der Waals surface area contributed by atoms with E-state index >= 15 is 0 Å². The van der Waals surface area contributed by atoms with Crippen molar-refractivity contribution in [1.82, 2.24) is 29.7 Å². The van der Waals surface area contributed by atoms with Crippen molar-refractivity contribution in [2.45, 2.75) is 39.3 Å². The fourth-order valence-electron chi connectivity index (χ4n) is 4.79. The van der Waals surface area contributed by atoms with Crippen LogP contribution in [0.5, 0.6) is 5.75 Å². The number of non-ortho nitro benzene ring substituents is 1. The van der Waals surface area contributed by atoms with Crippen molar-refractivity contribution < 1.29 is 10.0 Å². The minimum Gasteiger partial charge on any atom is -0.507 e. The number of hydrogen-bond acceptors (Lipinski definition) is 9. The number of pyridine rings is 4. The SMILES string of the molecule is O=[N+]([O-])c1cc(CN(Cc2ccccn2)Cc2ccccn2)c(O)c(CN(Cc2ccccn2)Cc2ccccn2)c1. The van der Waals surface area contributed by atoms with Crippen LogP contribution in [-0.4, -0.2) is 39.8 Å². The van der Waals surface area contributed by atoms with Crippen LogP contribution in [0.15, 0.2) is 110 Å². The number of aromatic hydroxyl groups is 1. The Morgan fingerprint density at radius 1 is 0.571 bits per heavy atom. The van der Waals surface area contributed by atoms with Crippen LogP contribution >= 0.6 is 0 Å². The highest BCUT2D eigenvalue weighted by Gasteiger charge is 2.21. The van der Waals surface area contributed by atoms with Crippen LogP contribution in [0.1, 0.15) is 33.9 Å². The molecule has 0 bridgehead atoms. The molecule has 0 atom stereocenters. The third-order valence-corrected chi connectivity index (χ3v) is 6.70. The summed E-state index contributed by atoms with van der Waals surface area (Å²) >= 11 is 0. The van der Waals surface area contributed by atoms with E-state index in [1.165, 1.54) is 12.1 Å². The van der Waals surface area contributed by atoms with Crippen molar-refractivity contribution in [3.63, 3.8) is 0 Å². The fraction of sp³-hybridized carbons (Fsp3) is 0.188. The molecule has 0 saturated heterocycles. The predicted molar refractivity (Wildman–Crippen MR) is 158 cm³/mol. The van der Waals surface area contributed by atoms with E-state index in [1.54, 1.807) is 24.8 Å². The summed E-state index contributed by atoms with van der Waals surface area (Å²) in [4.78, 5) is 33.5. The van der Waals surface area contributed by atoms with Gasteiger partial charge < -0.3 is 5.11 Å². The smallest absolute Gasteiger partial charge is 0.270 e. The van der Waals surface area contributed by atoms with Gasteiger partial charge in [0.05, 0.1) is 27.7 Å².